The average Bonchev–Trinajstić information content (AvgIpc) is 2.32. The van der Waals surface area contributed by atoms with Crippen molar-refractivity contribution in [2.45, 2.75) is 6.10 Å². The van der Waals surface area contributed by atoms with Gasteiger partial charge in [0.25, 0.3) is 0 Å². The molecule has 1 nitrogen and oxygen atoms in total. The number of aliphatic hydroxyl groups excluding tert-OH is 1. The van der Waals surface area contributed by atoms with E-state index in [0.29, 0.717) is 15.1 Å². The Kier molecular flexibility index (Phi) is 4.00. The monoisotopic (exact) mass is 332 g/mol. The van der Waals surface area contributed by atoms with Gasteiger partial charge in [-0.3, -0.25) is 0 Å². The Morgan fingerprint density at radius 2 is 1.83 bits per heavy atom. The Morgan fingerprint density at radius 3 is 2.50 bits per heavy atom. The van der Waals surface area contributed by atoms with Crippen LogP contribution in [0.5, 0.6) is 0 Å². The third-order valence-corrected chi connectivity index (χ3v) is 3.84. The highest BCUT2D eigenvalue weighted by molar-refractivity contribution is 9.10. The topological polar surface area (TPSA) is 20.2 Å². The van der Waals surface area contributed by atoms with Crippen molar-refractivity contribution < 1.29 is 13.9 Å². The molecule has 94 valence electrons. The van der Waals surface area contributed by atoms with Gasteiger partial charge in [-0.2, -0.15) is 0 Å². The molecule has 0 bridgehead atoms. The van der Waals surface area contributed by atoms with E-state index < -0.39 is 17.7 Å². The Morgan fingerprint density at radius 1 is 1.11 bits per heavy atom. The average molecular weight is 334 g/mol. The SMILES string of the molecule is OC(c1ccc(F)cc1F)c1cccc(Br)c1Cl. The molecule has 0 aliphatic heterocycles. The molecule has 1 atom stereocenters. The van der Waals surface area contributed by atoms with Gasteiger partial charge in [0.1, 0.15) is 17.7 Å². The molecule has 0 saturated heterocycles. The molecule has 0 heterocycles. The van der Waals surface area contributed by atoms with E-state index in [9.17, 15) is 13.9 Å². The third kappa shape index (κ3) is 2.55. The highest BCUT2D eigenvalue weighted by Gasteiger charge is 2.19. The van der Waals surface area contributed by atoms with E-state index in [1.54, 1.807) is 18.2 Å². The van der Waals surface area contributed by atoms with Crippen LogP contribution in [0.3, 0.4) is 0 Å². The molecule has 0 aliphatic rings. The molecule has 0 fully saturated rings. The summed E-state index contributed by atoms with van der Waals surface area (Å²) in [5.41, 5.74) is 0.341. The summed E-state index contributed by atoms with van der Waals surface area (Å²) in [6, 6.07) is 7.99. The molecule has 1 unspecified atom stereocenters. The number of hydrogen-bond donors (Lipinski definition) is 1. The summed E-state index contributed by atoms with van der Waals surface area (Å²) in [4.78, 5) is 0. The van der Waals surface area contributed by atoms with Gasteiger partial charge in [0, 0.05) is 21.7 Å². The predicted molar refractivity (Wildman–Crippen MR) is 69.6 cm³/mol. The fourth-order valence-corrected chi connectivity index (χ4v) is 2.23. The van der Waals surface area contributed by atoms with Gasteiger partial charge in [0.2, 0.25) is 0 Å². The van der Waals surface area contributed by atoms with Crippen molar-refractivity contribution in [3.63, 3.8) is 0 Å². The molecule has 0 aromatic heterocycles. The minimum absolute atomic E-state index is 0.0172. The van der Waals surface area contributed by atoms with Crippen molar-refractivity contribution >= 4 is 27.5 Å². The van der Waals surface area contributed by atoms with E-state index in [1.807, 2.05) is 0 Å². The highest BCUT2D eigenvalue weighted by Crippen LogP contribution is 2.34. The van der Waals surface area contributed by atoms with Crippen molar-refractivity contribution in [1.29, 1.82) is 0 Å². The van der Waals surface area contributed by atoms with E-state index in [4.69, 9.17) is 11.6 Å². The molecule has 1 N–H and O–H groups in total. The fourth-order valence-electron chi connectivity index (χ4n) is 1.62. The molecule has 5 heteroatoms. The first-order chi connectivity index (χ1) is 8.50. The normalized spacial score (nSPS) is 12.5. The number of hydrogen-bond acceptors (Lipinski definition) is 1. The van der Waals surface area contributed by atoms with Crippen molar-refractivity contribution in [3.8, 4) is 0 Å². The fraction of sp³-hybridized carbons (Fsp3) is 0.0769. The van der Waals surface area contributed by atoms with Crippen LogP contribution in [0.15, 0.2) is 40.9 Å². The zero-order valence-corrected chi connectivity index (χ0v) is 11.3. The molecule has 2 aromatic carbocycles. The lowest BCUT2D eigenvalue weighted by Crippen LogP contribution is -2.04. The first-order valence-electron chi connectivity index (χ1n) is 5.07. The molecule has 0 saturated carbocycles. The lowest BCUT2D eigenvalue weighted by atomic mass is 10.0. The zero-order valence-electron chi connectivity index (χ0n) is 9.00. The lowest BCUT2D eigenvalue weighted by molar-refractivity contribution is 0.214. The summed E-state index contributed by atoms with van der Waals surface area (Å²) in [6.45, 7) is 0. The number of aliphatic hydroxyl groups is 1. The Labute approximate surface area is 116 Å². The van der Waals surface area contributed by atoms with Gasteiger partial charge in [-0.05, 0) is 28.1 Å². The largest absolute Gasteiger partial charge is 0.383 e. The van der Waals surface area contributed by atoms with Gasteiger partial charge in [-0.15, -0.1) is 0 Å². The molecule has 18 heavy (non-hydrogen) atoms. The van der Waals surface area contributed by atoms with Crippen molar-refractivity contribution in [2.24, 2.45) is 0 Å². The first kappa shape index (κ1) is 13.5. The Balaban J connectivity index is 2.48. The van der Waals surface area contributed by atoms with E-state index in [0.717, 1.165) is 12.1 Å². The van der Waals surface area contributed by atoms with Crippen LogP contribution in [-0.2, 0) is 0 Å². The third-order valence-electron chi connectivity index (χ3n) is 2.53. The van der Waals surface area contributed by atoms with Gasteiger partial charge < -0.3 is 5.11 Å². The predicted octanol–water partition coefficient (Wildman–Crippen LogP) is 4.46. The first-order valence-corrected chi connectivity index (χ1v) is 6.24. The second kappa shape index (κ2) is 5.34. The maximum atomic E-state index is 13.6. The Hall–Kier alpha value is -0.970. The molecule has 0 amide bonds. The van der Waals surface area contributed by atoms with E-state index in [2.05, 4.69) is 15.9 Å². The van der Waals surface area contributed by atoms with E-state index in [1.165, 1.54) is 6.07 Å². The number of rotatable bonds is 2. The van der Waals surface area contributed by atoms with Gasteiger partial charge in [0.05, 0.1) is 5.02 Å². The summed E-state index contributed by atoms with van der Waals surface area (Å²) >= 11 is 9.24. The maximum Gasteiger partial charge on any atom is 0.132 e. The molecular formula is C13H8BrClF2O. The van der Waals surface area contributed by atoms with E-state index in [-0.39, 0.29) is 5.56 Å². The molecule has 2 rings (SSSR count). The number of benzene rings is 2. The minimum atomic E-state index is -1.24. The van der Waals surface area contributed by atoms with Gasteiger partial charge in [-0.25, -0.2) is 8.78 Å². The summed E-state index contributed by atoms with van der Waals surface area (Å²) in [5.74, 6) is -1.50. The van der Waals surface area contributed by atoms with Crippen molar-refractivity contribution in [2.75, 3.05) is 0 Å². The van der Waals surface area contributed by atoms with Gasteiger partial charge >= 0.3 is 0 Å². The van der Waals surface area contributed by atoms with Crippen LogP contribution in [-0.4, -0.2) is 5.11 Å². The van der Waals surface area contributed by atoms with Crippen LogP contribution in [0, 0.1) is 11.6 Å². The van der Waals surface area contributed by atoms with Gasteiger partial charge in [-0.1, -0.05) is 29.8 Å². The summed E-state index contributed by atoms with van der Waals surface area (Å²) in [7, 11) is 0. The van der Waals surface area contributed by atoms with Crippen molar-refractivity contribution in [1.82, 2.24) is 0 Å². The van der Waals surface area contributed by atoms with Crippen LogP contribution in [0.4, 0.5) is 8.78 Å². The quantitative estimate of drug-likeness (QED) is 0.860. The van der Waals surface area contributed by atoms with Crippen molar-refractivity contribution in [3.05, 3.63) is 68.7 Å². The standard InChI is InChI=1S/C13H8BrClF2O/c14-10-3-1-2-9(12(10)15)13(18)8-5-4-7(16)6-11(8)17/h1-6,13,18H. The summed E-state index contributed by atoms with van der Waals surface area (Å²) < 4.78 is 27.0. The minimum Gasteiger partial charge on any atom is -0.383 e. The summed E-state index contributed by atoms with van der Waals surface area (Å²) in [6.07, 6.45) is -1.24. The number of halogens is 4. The van der Waals surface area contributed by atoms with Crippen LogP contribution >= 0.6 is 27.5 Å². The summed E-state index contributed by atoms with van der Waals surface area (Å²) in [5, 5.41) is 10.4. The second-order valence-corrected chi connectivity index (χ2v) is 4.94. The molecule has 0 spiro atoms. The molecule has 2 aromatic rings. The second-order valence-electron chi connectivity index (χ2n) is 3.71. The molecular weight excluding hydrogens is 325 g/mol. The Bertz CT molecular complexity index is 589. The molecule has 0 aliphatic carbocycles. The van der Waals surface area contributed by atoms with Gasteiger partial charge in [0.15, 0.2) is 0 Å². The molecule has 0 radical (unpaired) electrons. The van der Waals surface area contributed by atoms with Crippen LogP contribution in [0.1, 0.15) is 17.2 Å². The van der Waals surface area contributed by atoms with E-state index >= 15 is 0 Å². The smallest absolute Gasteiger partial charge is 0.132 e. The maximum absolute atomic E-state index is 13.6. The zero-order chi connectivity index (χ0) is 13.3. The highest BCUT2D eigenvalue weighted by atomic mass is 79.9. The lowest BCUT2D eigenvalue weighted by Gasteiger charge is -2.14. The van der Waals surface area contributed by atoms with Crippen LogP contribution in [0.2, 0.25) is 5.02 Å². The van der Waals surface area contributed by atoms with Crippen LogP contribution in [0.25, 0.3) is 0 Å². The van der Waals surface area contributed by atoms with Crippen LogP contribution < -0.4 is 0 Å².